The third kappa shape index (κ3) is 2.81. The number of halogens is 1. The zero-order chi connectivity index (χ0) is 13.0. The van der Waals surface area contributed by atoms with Gasteiger partial charge in [-0.1, -0.05) is 17.8 Å². The second-order valence-corrected chi connectivity index (χ2v) is 5.24. The average molecular weight is 290 g/mol. The molecule has 100 valence electrons. The molecule has 0 N–H and O–H groups in total. The van der Waals surface area contributed by atoms with Gasteiger partial charge in [-0.25, -0.2) is 0 Å². The van der Waals surface area contributed by atoms with Crippen molar-refractivity contribution in [3.63, 3.8) is 0 Å². The molecule has 1 aromatic heterocycles. The summed E-state index contributed by atoms with van der Waals surface area (Å²) in [5.74, 6) is 0.378. The SMILES string of the molecule is CCCc1nnsc1C(=O)N1CCOCC1CCl. The first-order valence-electron chi connectivity index (χ1n) is 6.03. The second kappa shape index (κ2) is 6.45. The molecule has 1 aliphatic heterocycles. The molecule has 2 rings (SSSR count). The minimum Gasteiger partial charge on any atom is -0.377 e. The van der Waals surface area contributed by atoms with Crippen molar-refractivity contribution in [3.05, 3.63) is 10.6 Å². The van der Waals surface area contributed by atoms with Gasteiger partial charge in [0.15, 0.2) is 0 Å². The van der Waals surface area contributed by atoms with E-state index in [1.807, 2.05) is 0 Å². The molecule has 1 unspecified atom stereocenters. The second-order valence-electron chi connectivity index (χ2n) is 4.18. The summed E-state index contributed by atoms with van der Waals surface area (Å²) in [5.41, 5.74) is 0.798. The number of ether oxygens (including phenoxy) is 1. The molecule has 0 aliphatic carbocycles. The number of aryl methyl sites for hydroxylation is 1. The van der Waals surface area contributed by atoms with Gasteiger partial charge in [0, 0.05) is 12.4 Å². The van der Waals surface area contributed by atoms with Gasteiger partial charge in [0.05, 0.1) is 24.9 Å². The lowest BCUT2D eigenvalue weighted by Gasteiger charge is -2.34. The summed E-state index contributed by atoms with van der Waals surface area (Å²) in [6.07, 6.45) is 1.74. The summed E-state index contributed by atoms with van der Waals surface area (Å²) in [6.45, 7) is 3.71. The minimum absolute atomic E-state index is 0.0117. The predicted octanol–water partition coefficient (Wildman–Crippen LogP) is 1.57. The number of rotatable bonds is 4. The van der Waals surface area contributed by atoms with Crippen molar-refractivity contribution >= 4 is 29.0 Å². The van der Waals surface area contributed by atoms with Gasteiger partial charge >= 0.3 is 0 Å². The van der Waals surface area contributed by atoms with Crippen LogP contribution in [-0.2, 0) is 11.2 Å². The summed E-state index contributed by atoms with van der Waals surface area (Å²) in [4.78, 5) is 14.9. The van der Waals surface area contributed by atoms with Crippen molar-refractivity contribution in [2.75, 3.05) is 25.6 Å². The number of amides is 1. The molecule has 1 aliphatic rings. The molecule has 1 atom stereocenters. The van der Waals surface area contributed by atoms with Gasteiger partial charge in [-0.05, 0) is 18.0 Å². The van der Waals surface area contributed by atoms with Crippen LogP contribution in [0.25, 0.3) is 0 Å². The number of carbonyl (C=O) groups is 1. The van der Waals surface area contributed by atoms with Crippen molar-refractivity contribution in [2.45, 2.75) is 25.8 Å². The largest absolute Gasteiger partial charge is 0.377 e. The van der Waals surface area contributed by atoms with Gasteiger partial charge in [-0.3, -0.25) is 4.79 Å². The molecule has 0 saturated carbocycles. The van der Waals surface area contributed by atoms with E-state index in [2.05, 4.69) is 16.5 Å². The normalized spacial score (nSPS) is 20.1. The molecule has 5 nitrogen and oxygen atoms in total. The molecule has 1 amide bonds. The number of hydrogen-bond acceptors (Lipinski definition) is 5. The first-order valence-corrected chi connectivity index (χ1v) is 7.34. The molecule has 1 saturated heterocycles. The average Bonchev–Trinajstić information content (AvgIpc) is 2.86. The van der Waals surface area contributed by atoms with Gasteiger partial charge in [0.1, 0.15) is 4.88 Å². The van der Waals surface area contributed by atoms with Crippen molar-refractivity contribution in [1.29, 1.82) is 0 Å². The Hall–Kier alpha value is -0.720. The summed E-state index contributed by atoms with van der Waals surface area (Å²) in [6, 6.07) is -0.0514. The molecule has 1 fully saturated rings. The fourth-order valence-electron chi connectivity index (χ4n) is 1.95. The lowest BCUT2D eigenvalue weighted by Crippen LogP contribution is -2.49. The number of alkyl halides is 1. The van der Waals surface area contributed by atoms with E-state index < -0.39 is 0 Å². The molecule has 2 heterocycles. The number of nitrogens with zero attached hydrogens (tertiary/aromatic N) is 3. The number of aromatic nitrogens is 2. The fourth-order valence-corrected chi connectivity index (χ4v) is 2.87. The quantitative estimate of drug-likeness (QED) is 0.790. The monoisotopic (exact) mass is 289 g/mol. The van der Waals surface area contributed by atoms with E-state index in [-0.39, 0.29) is 11.9 Å². The zero-order valence-electron chi connectivity index (χ0n) is 10.3. The molecule has 7 heteroatoms. The molecule has 18 heavy (non-hydrogen) atoms. The fraction of sp³-hybridized carbons (Fsp3) is 0.727. The lowest BCUT2D eigenvalue weighted by molar-refractivity contribution is 0.00476. The Morgan fingerprint density at radius 3 is 3.22 bits per heavy atom. The van der Waals surface area contributed by atoms with Crippen LogP contribution >= 0.6 is 23.1 Å². The van der Waals surface area contributed by atoms with Crippen LogP contribution in [0.1, 0.15) is 28.7 Å². The Morgan fingerprint density at radius 1 is 1.67 bits per heavy atom. The van der Waals surface area contributed by atoms with E-state index in [1.165, 1.54) is 11.5 Å². The maximum absolute atomic E-state index is 12.5. The highest BCUT2D eigenvalue weighted by Crippen LogP contribution is 2.19. The maximum Gasteiger partial charge on any atom is 0.267 e. The van der Waals surface area contributed by atoms with Gasteiger partial charge in [-0.15, -0.1) is 16.7 Å². The minimum atomic E-state index is -0.0514. The molecule has 0 bridgehead atoms. The van der Waals surface area contributed by atoms with Gasteiger partial charge in [0.2, 0.25) is 0 Å². The topological polar surface area (TPSA) is 55.3 Å². The van der Waals surface area contributed by atoms with E-state index in [1.54, 1.807) is 4.90 Å². The summed E-state index contributed by atoms with van der Waals surface area (Å²) in [7, 11) is 0. The first kappa shape index (κ1) is 13.7. The van der Waals surface area contributed by atoms with Crippen LogP contribution in [0.2, 0.25) is 0 Å². The van der Waals surface area contributed by atoms with E-state index in [9.17, 15) is 4.79 Å². The maximum atomic E-state index is 12.5. The molecular weight excluding hydrogens is 274 g/mol. The lowest BCUT2D eigenvalue weighted by atomic mass is 10.2. The Morgan fingerprint density at radius 2 is 2.50 bits per heavy atom. The van der Waals surface area contributed by atoms with E-state index in [0.29, 0.717) is 30.5 Å². The Balaban J connectivity index is 2.16. The van der Waals surface area contributed by atoms with Crippen LogP contribution < -0.4 is 0 Å². The summed E-state index contributed by atoms with van der Waals surface area (Å²) < 4.78 is 9.23. The predicted molar refractivity (Wildman–Crippen MR) is 70.3 cm³/mol. The first-order chi connectivity index (χ1) is 8.77. The Bertz CT molecular complexity index is 413. The van der Waals surface area contributed by atoms with Crippen molar-refractivity contribution < 1.29 is 9.53 Å². The highest BCUT2D eigenvalue weighted by atomic mass is 35.5. The van der Waals surface area contributed by atoms with E-state index >= 15 is 0 Å². The summed E-state index contributed by atoms with van der Waals surface area (Å²) >= 11 is 7.05. The molecular formula is C11H16ClN3O2S. The van der Waals surface area contributed by atoms with Gasteiger partial charge < -0.3 is 9.64 Å². The van der Waals surface area contributed by atoms with Crippen LogP contribution in [0.5, 0.6) is 0 Å². The Labute approximate surface area is 115 Å². The third-order valence-corrected chi connectivity index (χ3v) is 4.02. The van der Waals surface area contributed by atoms with E-state index in [0.717, 1.165) is 18.5 Å². The molecule has 0 radical (unpaired) electrons. The van der Waals surface area contributed by atoms with Crippen LogP contribution in [0.15, 0.2) is 0 Å². The zero-order valence-corrected chi connectivity index (χ0v) is 11.8. The Kier molecular flexibility index (Phi) is 4.91. The molecule has 0 spiro atoms. The van der Waals surface area contributed by atoms with E-state index in [4.69, 9.17) is 16.3 Å². The van der Waals surface area contributed by atoms with Crippen LogP contribution in [-0.4, -0.2) is 52.1 Å². The van der Waals surface area contributed by atoms with Crippen molar-refractivity contribution in [1.82, 2.24) is 14.5 Å². The number of carbonyl (C=O) groups excluding carboxylic acids is 1. The number of morpholine rings is 1. The highest BCUT2D eigenvalue weighted by molar-refractivity contribution is 7.08. The van der Waals surface area contributed by atoms with Crippen LogP contribution in [0, 0.1) is 0 Å². The smallest absolute Gasteiger partial charge is 0.267 e. The summed E-state index contributed by atoms with van der Waals surface area (Å²) in [5, 5.41) is 4.03. The molecule has 1 aromatic rings. The van der Waals surface area contributed by atoms with Crippen molar-refractivity contribution in [2.24, 2.45) is 0 Å². The van der Waals surface area contributed by atoms with Crippen molar-refractivity contribution in [3.8, 4) is 0 Å². The number of hydrogen-bond donors (Lipinski definition) is 0. The standard InChI is InChI=1S/C11H16ClN3O2S/c1-2-3-9-10(18-14-13-9)11(16)15-4-5-17-7-8(15)6-12/h8H,2-7H2,1H3. The molecule has 0 aromatic carbocycles. The van der Waals surface area contributed by atoms with Crippen LogP contribution in [0.3, 0.4) is 0 Å². The van der Waals surface area contributed by atoms with Crippen LogP contribution in [0.4, 0.5) is 0 Å². The van der Waals surface area contributed by atoms with Gasteiger partial charge in [0.25, 0.3) is 5.91 Å². The highest BCUT2D eigenvalue weighted by Gasteiger charge is 2.30. The van der Waals surface area contributed by atoms with Gasteiger partial charge in [-0.2, -0.15) is 0 Å². The third-order valence-electron chi connectivity index (χ3n) is 2.90.